The monoisotopic (exact) mass is 244 g/mol. The highest BCUT2D eigenvalue weighted by Gasteiger charge is 2.06. The lowest BCUT2D eigenvalue weighted by atomic mass is 10.2. The first-order valence-corrected chi connectivity index (χ1v) is 5.43. The second-order valence-corrected chi connectivity index (χ2v) is 4.04. The van der Waals surface area contributed by atoms with Gasteiger partial charge in [0.05, 0.1) is 11.9 Å². The third-order valence-corrected chi connectivity index (χ3v) is 2.48. The summed E-state index contributed by atoms with van der Waals surface area (Å²) in [5, 5.41) is 0.817. The van der Waals surface area contributed by atoms with E-state index in [1.165, 1.54) is 12.5 Å². The molecule has 0 aliphatic heterocycles. The van der Waals surface area contributed by atoms with E-state index in [9.17, 15) is 4.39 Å². The number of hydrogen-bond donors (Lipinski definition) is 1. The van der Waals surface area contributed by atoms with E-state index >= 15 is 0 Å². The first-order chi connectivity index (χ1) is 8.59. The predicted octanol–water partition coefficient (Wildman–Crippen LogP) is 3.26. The maximum Gasteiger partial charge on any atom is 0.141 e. The van der Waals surface area contributed by atoms with Gasteiger partial charge in [-0.05, 0) is 19.4 Å². The van der Waals surface area contributed by atoms with Gasteiger partial charge in [-0.3, -0.25) is 4.99 Å². The van der Waals surface area contributed by atoms with Crippen LogP contribution in [-0.4, -0.2) is 21.2 Å². The number of halogens is 1. The number of hydrogen-bond acceptors (Lipinski definition) is 3. The number of rotatable bonds is 3. The molecule has 2 rings (SSSR count). The molecular weight excluding hydrogens is 231 g/mol. The van der Waals surface area contributed by atoms with Crippen molar-refractivity contribution in [2.45, 2.75) is 13.8 Å². The molecule has 2 heterocycles. The van der Waals surface area contributed by atoms with Gasteiger partial charge in [-0.25, -0.2) is 14.4 Å². The van der Waals surface area contributed by atoms with Crippen molar-refractivity contribution in [2.24, 2.45) is 4.99 Å². The molecule has 18 heavy (non-hydrogen) atoms. The smallest absolute Gasteiger partial charge is 0.141 e. The Morgan fingerprint density at radius 2 is 2.28 bits per heavy atom. The van der Waals surface area contributed by atoms with Gasteiger partial charge in [0.25, 0.3) is 0 Å². The normalized spacial score (nSPS) is 11.1. The number of aromatic nitrogens is 3. The number of nitrogens with one attached hydrogen (secondary N) is 1. The van der Waals surface area contributed by atoms with Crippen molar-refractivity contribution < 1.29 is 4.39 Å². The van der Waals surface area contributed by atoms with E-state index in [2.05, 4.69) is 26.5 Å². The Morgan fingerprint density at radius 1 is 1.50 bits per heavy atom. The minimum atomic E-state index is -0.354. The van der Waals surface area contributed by atoms with Crippen molar-refractivity contribution in [1.82, 2.24) is 15.0 Å². The van der Waals surface area contributed by atoms with Crippen LogP contribution in [0.25, 0.3) is 16.7 Å². The zero-order chi connectivity index (χ0) is 13.1. The van der Waals surface area contributed by atoms with Crippen LogP contribution in [-0.2, 0) is 0 Å². The highest BCUT2D eigenvalue weighted by molar-refractivity contribution is 5.92. The minimum Gasteiger partial charge on any atom is -0.345 e. The van der Waals surface area contributed by atoms with Gasteiger partial charge >= 0.3 is 0 Å². The van der Waals surface area contributed by atoms with E-state index in [4.69, 9.17) is 0 Å². The van der Waals surface area contributed by atoms with Crippen molar-refractivity contribution in [2.75, 3.05) is 0 Å². The van der Waals surface area contributed by atoms with Crippen LogP contribution in [0.2, 0.25) is 0 Å². The topological polar surface area (TPSA) is 53.9 Å². The van der Waals surface area contributed by atoms with E-state index < -0.39 is 0 Å². The Hall–Kier alpha value is -2.30. The second-order valence-electron chi connectivity index (χ2n) is 4.04. The van der Waals surface area contributed by atoms with Crippen LogP contribution < -0.4 is 0 Å². The molecule has 5 heteroatoms. The minimum absolute atomic E-state index is 0.354. The van der Waals surface area contributed by atoms with E-state index in [1.807, 2.05) is 0 Å². The van der Waals surface area contributed by atoms with Crippen molar-refractivity contribution >= 4 is 22.9 Å². The standard InChI is InChI=1S/C13H13FN4/c1-8(2)12(14)6-16-9(3)10-5-17-13-11(10)4-15-7-18-13/h4-7H,3H2,1-2H3,(H,15,17,18). The molecule has 0 fully saturated rings. The fourth-order valence-electron chi connectivity index (χ4n) is 1.43. The second kappa shape index (κ2) is 4.91. The molecular formula is C13H13FN4. The van der Waals surface area contributed by atoms with Crippen molar-refractivity contribution in [1.29, 1.82) is 0 Å². The average molecular weight is 244 g/mol. The van der Waals surface area contributed by atoms with Gasteiger partial charge < -0.3 is 4.98 Å². The summed E-state index contributed by atoms with van der Waals surface area (Å²) in [6.07, 6.45) is 6.03. The molecule has 0 unspecified atom stereocenters. The fourth-order valence-corrected chi connectivity index (χ4v) is 1.43. The highest BCUT2D eigenvalue weighted by atomic mass is 19.1. The van der Waals surface area contributed by atoms with Crippen LogP contribution in [0, 0.1) is 0 Å². The molecule has 0 saturated carbocycles. The zero-order valence-electron chi connectivity index (χ0n) is 10.2. The summed E-state index contributed by atoms with van der Waals surface area (Å²) in [6.45, 7) is 7.18. The van der Waals surface area contributed by atoms with Gasteiger partial charge in [-0.15, -0.1) is 0 Å². The Kier molecular flexibility index (Phi) is 3.32. The van der Waals surface area contributed by atoms with Crippen LogP contribution in [0.3, 0.4) is 0 Å². The van der Waals surface area contributed by atoms with Crippen molar-refractivity contribution in [3.63, 3.8) is 0 Å². The van der Waals surface area contributed by atoms with Crippen molar-refractivity contribution in [3.05, 3.63) is 42.3 Å². The van der Waals surface area contributed by atoms with E-state index in [1.54, 1.807) is 26.2 Å². The fraction of sp³-hybridized carbons (Fsp3) is 0.154. The van der Waals surface area contributed by atoms with Gasteiger partial charge in [-0.1, -0.05) is 6.58 Å². The summed E-state index contributed by atoms with van der Waals surface area (Å²) in [5.74, 6) is -0.354. The first-order valence-electron chi connectivity index (χ1n) is 5.43. The maximum atomic E-state index is 13.3. The predicted molar refractivity (Wildman–Crippen MR) is 70.9 cm³/mol. The van der Waals surface area contributed by atoms with Gasteiger partial charge in [-0.2, -0.15) is 0 Å². The lowest BCUT2D eigenvalue weighted by Crippen LogP contribution is -1.83. The molecule has 0 aliphatic rings. The van der Waals surface area contributed by atoms with Crippen LogP contribution in [0.15, 0.2) is 41.7 Å². The van der Waals surface area contributed by atoms with Crippen LogP contribution in [0.1, 0.15) is 19.4 Å². The SMILES string of the molecule is C=C(N=CC(F)=C(C)C)c1c[nH]c2ncncc12. The largest absolute Gasteiger partial charge is 0.345 e. The Balaban J connectivity index is 2.33. The van der Waals surface area contributed by atoms with Crippen molar-refractivity contribution in [3.8, 4) is 0 Å². The number of aliphatic imine (C=N–C) groups is 1. The molecule has 0 spiro atoms. The van der Waals surface area contributed by atoms with E-state index in [-0.39, 0.29) is 5.83 Å². The van der Waals surface area contributed by atoms with Gasteiger partial charge in [0.1, 0.15) is 17.8 Å². The summed E-state index contributed by atoms with van der Waals surface area (Å²) in [6, 6.07) is 0. The molecule has 92 valence electrons. The van der Waals surface area contributed by atoms with Crippen LogP contribution >= 0.6 is 0 Å². The number of H-pyrrole nitrogens is 1. The zero-order valence-corrected chi connectivity index (χ0v) is 10.2. The molecule has 2 aromatic heterocycles. The summed E-state index contributed by atoms with van der Waals surface area (Å²) >= 11 is 0. The molecule has 0 amide bonds. The quantitative estimate of drug-likeness (QED) is 0.842. The summed E-state index contributed by atoms with van der Waals surface area (Å²) in [4.78, 5) is 15.0. The maximum absolute atomic E-state index is 13.3. The average Bonchev–Trinajstić information content (AvgIpc) is 2.79. The number of allylic oxidation sites excluding steroid dienone is 2. The lowest BCUT2D eigenvalue weighted by molar-refractivity contribution is 0.674. The molecule has 4 nitrogen and oxygen atoms in total. The van der Waals surface area contributed by atoms with Gasteiger partial charge in [0, 0.05) is 23.3 Å². The summed E-state index contributed by atoms with van der Waals surface area (Å²) in [5.41, 5.74) is 2.52. The number of fused-ring (bicyclic) bond motifs is 1. The Labute approximate surface area is 104 Å². The molecule has 0 aromatic carbocycles. The molecule has 2 aromatic rings. The Morgan fingerprint density at radius 3 is 3.00 bits per heavy atom. The highest BCUT2D eigenvalue weighted by Crippen LogP contribution is 2.22. The lowest BCUT2D eigenvalue weighted by Gasteiger charge is -1.97. The number of aromatic amines is 1. The molecule has 0 bridgehead atoms. The molecule has 0 atom stereocenters. The van der Waals surface area contributed by atoms with Crippen LogP contribution in [0.5, 0.6) is 0 Å². The first kappa shape index (κ1) is 12.2. The van der Waals surface area contributed by atoms with E-state index in [0.29, 0.717) is 16.9 Å². The molecule has 0 saturated heterocycles. The molecule has 1 N–H and O–H groups in total. The Bertz CT molecular complexity index is 648. The number of nitrogens with zero attached hydrogens (tertiary/aromatic N) is 3. The van der Waals surface area contributed by atoms with Gasteiger partial charge in [0.2, 0.25) is 0 Å². The molecule has 0 aliphatic carbocycles. The van der Waals surface area contributed by atoms with Crippen LogP contribution in [0.4, 0.5) is 4.39 Å². The third kappa shape index (κ3) is 2.34. The van der Waals surface area contributed by atoms with E-state index in [0.717, 1.165) is 10.9 Å². The summed E-state index contributed by atoms with van der Waals surface area (Å²) in [7, 11) is 0. The molecule has 0 radical (unpaired) electrons. The summed E-state index contributed by atoms with van der Waals surface area (Å²) < 4.78 is 13.3. The third-order valence-electron chi connectivity index (χ3n) is 2.48. The van der Waals surface area contributed by atoms with Gasteiger partial charge in [0.15, 0.2) is 0 Å².